The molecule has 13 heteroatoms. The zero-order valence-electron chi connectivity index (χ0n) is 22.4. The number of ether oxygens (including phenoxy) is 1. The highest BCUT2D eigenvalue weighted by Gasteiger charge is 2.28. The van der Waals surface area contributed by atoms with Crippen LogP contribution >= 0.6 is 7.60 Å². The highest BCUT2D eigenvalue weighted by Crippen LogP contribution is 2.52. The van der Waals surface area contributed by atoms with Gasteiger partial charge in [0.15, 0.2) is 0 Å². The van der Waals surface area contributed by atoms with Gasteiger partial charge in [-0.05, 0) is 68.2 Å². The molecule has 5 rings (SSSR count). The van der Waals surface area contributed by atoms with Gasteiger partial charge in [-0.15, -0.1) is 14.6 Å². The number of carboxylic acids is 1. The molecule has 0 unspecified atom stereocenters. The van der Waals surface area contributed by atoms with E-state index in [2.05, 4.69) is 19.7 Å². The third-order valence-corrected chi connectivity index (χ3v) is 7.47. The molecule has 0 bridgehead atoms. The second-order valence-electron chi connectivity index (χ2n) is 9.41. The Kier molecular flexibility index (Phi) is 9.21. The van der Waals surface area contributed by atoms with Crippen LogP contribution in [0.3, 0.4) is 0 Å². The van der Waals surface area contributed by atoms with Gasteiger partial charge in [-0.3, -0.25) is 4.57 Å². The standard InChI is InChI=1S/C30H24F2N3O7P/c31-41-43(38,42-32)20-23-11-9-21(10-12-23)18-35(19-22-13-15-24(16-14-22)29(36)37)30-34-33-28(40-30)25-5-4-8-27(17-25)39-26-6-2-1-3-7-26/h1-17H,18-20H2,(H,36,37). The van der Waals surface area contributed by atoms with Crippen molar-refractivity contribution >= 4 is 19.6 Å². The first kappa shape index (κ1) is 29.6. The third-order valence-electron chi connectivity index (χ3n) is 6.30. The highest BCUT2D eigenvalue weighted by atomic mass is 31.2. The molecule has 1 heterocycles. The topological polar surface area (TPSA) is 124 Å². The van der Waals surface area contributed by atoms with Gasteiger partial charge in [0.25, 0.3) is 0 Å². The molecule has 10 nitrogen and oxygen atoms in total. The lowest BCUT2D eigenvalue weighted by Gasteiger charge is -2.21. The maximum atomic E-state index is 12.5. The van der Waals surface area contributed by atoms with E-state index in [0.29, 0.717) is 22.6 Å². The maximum absolute atomic E-state index is 12.5. The number of hydrogen-bond donors (Lipinski definition) is 1. The Morgan fingerprint density at radius 3 is 2.02 bits per heavy atom. The van der Waals surface area contributed by atoms with Crippen LogP contribution in [0.15, 0.2) is 108 Å². The SMILES string of the molecule is O=C(O)c1ccc(CN(Cc2ccc(CP(=O)(OF)OF)cc2)c2nnc(-c3cccc(Oc4ccccc4)c3)o2)cc1. The molecule has 1 aromatic heterocycles. The second kappa shape index (κ2) is 13.4. The molecule has 1 N–H and O–H groups in total. The predicted molar refractivity (Wildman–Crippen MR) is 152 cm³/mol. The van der Waals surface area contributed by atoms with Gasteiger partial charge in [0, 0.05) is 18.7 Å². The first-order chi connectivity index (χ1) is 20.8. The molecule has 4 aromatic carbocycles. The number of aromatic carboxylic acids is 1. The van der Waals surface area contributed by atoms with Crippen molar-refractivity contribution < 1.29 is 42.1 Å². The molecule has 0 spiro atoms. The number of carboxylic acid groups (broad SMARTS) is 1. The molecule has 5 aromatic rings. The minimum atomic E-state index is -4.53. The summed E-state index contributed by atoms with van der Waals surface area (Å²) in [5, 5.41) is 17.7. The monoisotopic (exact) mass is 607 g/mol. The minimum absolute atomic E-state index is 0.148. The molecule has 0 aliphatic heterocycles. The Morgan fingerprint density at radius 2 is 1.40 bits per heavy atom. The summed E-state index contributed by atoms with van der Waals surface area (Å²) in [5.74, 6) is 0.474. The number of anilines is 1. The van der Waals surface area contributed by atoms with E-state index < -0.39 is 19.7 Å². The summed E-state index contributed by atoms with van der Waals surface area (Å²) in [6.07, 6.45) is -0.597. The number of nitrogens with zero attached hydrogens (tertiary/aromatic N) is 3. The highest BCUT2D eigenvalue weighted by molar-refractivity contribution is 7.52. The number of aromatic nitrogens is 2. The van der Waals surface area contributed by atoms with Crippen molar-refractivity contribution in [1.29, 1.82) is 0 Å². The Hall–Kier alpha value is -4.90. The van der Waals surface area contributed by atoms with E-state index in [1.807, 2.05) is 48.5 Å². The van der Waals surface area contributed by atoms with Crippen LogP contribution in [0.1, 0.15) is 27.0 Å². The average molecular weight is 608 g/mol. The molecule has 220 valence electrons. The summed E-state index contributed by atoms with van der Waals surface area (Å²) in [6, 6.07) is 29.5. The van der Waals surface area contributed by atoms with Crippen LogP contribution in [0.25, 0.3) is 11.5 Å². The largest absolute Gasteiger partial charge is 0.478 e. The van der Waals surface area contributed by atoms with Gasteiger partial charge in [-0.25, -0.2) is 4.79 Å². The fraction of sp³-hybridized carbons (Fsp3) is 0.100. The lowest BCUT2D eigenvalue weighted by atomic mass is 10.1. The van der Waals surface area contributed by atoms with Gasteiger partial charge < -0.3 is 19.2 Å². The van der Waals surface area contributed by atoms with Crippen molar-refractivity contribution in [2.45, 2.75) is 19.3 Å². The van der Waals surface area contributed by atoms with E-state index in [4.69, 9.17) is 9.15 Å². The quantitative estimate of drug-likeness (QED) is 0.132. The van der Waals surface area contributed by atoms with Crippen LogP contribution < -0.4 is 9.64 Å². The lowest BCUT2D eigenvalue weighted by Crippen LogP contribution is -2.22. The molecular formula is C30H24F2N3O7P. The van der Waals surface area contributed by atoms with Crippen molar-refractivity contribution in [3.05, 3.63) is 125 Å². The maximum Gasteiger partial charge on any atom is 0.399 e. The van der Waals surface area contributed by atoms with E-state index in [0.717, 1.165) is 11.1 Å². The molecule has 0 saturated heterocycles. The third kappa shape index (κ3) is 7.69. The van der Waals surface area contributed by atoms with E-state index in [-0.39, 0.29) is 30.6 Å². The van der Waals surface area contributed by atoms with Crippen LogP contribution in [0.2, 0.25) is 0 Å². The van der Waals surface area contributed by atoms with Crippen LogP contribution in [-0.4, -0.2) is 21.3 Å². The van der Waals surface area contributed by atoms with E-state index in [1.54, 1.807) is 35.2 Å². The molecule has 0 fully saturated rings. The summed E-state index contributed by atoms with van der Waals surface area (Å²) >= 11 is 0. The minimum Gasteiger partial charge on any atom is -0.478 e. The van der Waals surface area contributed by atoms with Crippen molar-refractivity contribution in [1.82, 2.24) is 10.2 Å². The molecule has 0 atom stereocenters. The molecule has 0 aliphatic rings. The van der Waals surface area contributed by atoms with Gasteiger partial charge >= 0.3 is 19.6 Å². The Morgan fingerprint density at radius 1 is 0.791 bits per heavy atom. The smallest absolute Gasteiger partial charge is 0.399 e. The van der Waals surface area contributed by atoms with E-state index >= 15 is 0 Å². The van der Waals surface area contributed by atoms with Crippen LogP contribution in [-0.2, 0) is 33.3 Å². The number of para-hydroxylation sites is 1. The van der Waals surface area contributed by atoms with Gasteiger partial charge in [0.05, 0.1) is 11.7 Å². The Labute approximate surface area is 244 Å². The predicted octanol–water partition coefficient (Wildman–Crippen LogP) is 7.93. The Balaban J connectivity index is 1.39. The fourth-order valence-electron chi connectivity index (χ4n) is 4.19. The number of benzene rings is 4. The molecule has 0 aliphatic carbocycles. The van der Waals surface area contributed by atoms with E-state index in [9.17, 15) is 23.5 Å². The van der Waals surface area contributed by atoms with Crippen LogP contribution in [0.5, 0.6) is 11.5 Å². The van der Waals surface area contributed by atoms with Crippen LogP contribution in [0, 0.1) is 0 Å². The molecule has 0 radical (unpaired) electrons. The number of halogens is 2. The van der Waals surface area contributed by atoms with Crippen molar-refractivity contribution in [3.63, 3.8) is 0 Å². The van der Waals surface area contributed by atoms with Gasteiger partial charge in [-0.1, -0.05) is 65.8 Å². The summed E-state index contributed by atoms with van der Waals surface area (Å²) in [5.41, 5.74) is 2.64. The Bertz CT molecular complexity index is 1710. The fourth-order valence-corrected chi connectivity index (χ4v) is 4.97. The molecular weight excluding hydrogens is 583 g/mol. The average Bonchev–Trinajstić information content (AvgIpc) is 3.53. The summed E-state index contributed by atoms with van der Waals surface area (Å²) in [7, 11) is -4.53. The summed E-state index contributed by atoms with van der Waals surface area (Å²) < 4.78 is 55.1. The van der Waals surface area contributed by atoms with Crippen molar-refractivity contribution in [3.8, 4) is 23.0 Å². The normalized spacial score (nSPS) is 11.3. The van der Waals surface area contributed by atoms with Gasteiger partial charge in [0.1, 0.15) is 11.5 Å². The summed E-state index contributed by atoms with van der Waals surface area (Å²) in [6.45, 7) is 0.539. The van der Waals surface area contributed by atoms with E-state index in [1.165, 1.54) is 24.3 Å². The molecule has 0 amide bonds. The first-order valence-corrected chi connectivity index (χ1v) is 14.6. The number of hydrogen-bond acceptors (Lipinski definition) is 9. The van der Waals surface area contributed by atoms with Gasteiger partial charge in [-0.2, -0.15) is 0 Å². The zero-order valence-corrected chi connectivity index (χ0v) is 23.3. The first-order valence-electron chi connectivity index (χ1n) is 12.9. The van der Waals surface area contributed by atoms with Crippen LogP contribution in [0.4, 0.5) is 15.1 Å². The second-order valence-corrected chi connectivity index (χ2v) is 11.2. The van der Waals surface area contributed by atoms with Crippen molar-refractivity contribution in [2.75, 3.05) is 4.90 Å². The molecule has 43 heavy (non-hydrogen) atoms. The number of carbonyl (C=O) groups is 1. The molecule has 0 saturated carbocycles. The lowest BCUT2D eigenvalue weighted by molar-refractivity contribution is -0.0881. The van der Waals surface area contributed by atoms with Crippen molar-refractivity contribution in [2.24, 2.45) is 0 Å². The van der Waals surface area contributed by atoms with Gasteiger partial charge in [0.2, 0.25) is 5.89 Å². The zero-order chi connectivity index (χ0) is 30.2. The number of rotatable bonds is 13. The summed E-state index contributed by atoms with van der Waals surface area (Å²) in [4.78, 5) is 13.1.